The van der Waals surface area contributed by atoms with Crippen LogP contribution in [0.3, 0.4) is 0 Å². The number of anilines is 1. The summed E-state index contributed by atoms with van der Waals surface area (Å²) < 4.78 is 4.94. The van der Waals surface area contributed by atoms with Crippen LogP contribution in [0.25, 0.3) is 0 Å². The summed E-state index contributed by atoms with van der Waals surface area (Å²) in [5, 5.41) is 9.10. The fourth-order valence-corrected chi connectivity index (χ4v) is 2.23. The molecule has 27 heavy (non-hydrogen) atoms. The van der Waals surface area contributed by atoms with E-state index in [1.165, 1.54) is 19.2 Å². The Balaban J connectivity index is 0.000000527. The van der Waals surface area contributed by atoms with Crippen molar-refractivity contribution in [1.82, 2.24) is 4.90 Å². The van der Waals surface area contributed by atoms with Gasteiger partial charge in [-0.2, -0.15) is 0 Å². The number of aromatic carboxylic acids is 1. The largest absolute Gasteiger partial charge is 0.477 e. The van der Waals surface area contributed by atoms with E-state index in [0.717, 1.165) is 12.1 Å². The molecule has 0 radical (unpaired) electrons. The summed E-state index contributed by atoms with van der Waals surface area (Å²) in [5.74, 6) is -1.19. The van der Waals surface area contributed by atoms with Gasteiger partial charge >= 0.3 is 11.7 Å². The second-order valence-electron chi connectivity index (χ2n) is 6.89. The van der Waals surface area contributed by atoms with E-state index in [1.807, 2.05) is 25.7 Å². The van der Waals surface area contributed by atoms with Crippen LogP contribution < -0.4 is 4.90 Å². The maximum atomic E-state index is 11.6. The van der Waals surface area contributed by atoms with Crippen molar-refractivity contribution in [2.75, 3.05) is 45.3 Å². The number of hydrogen-bond donors (Lipinski definition) is 1. The molecular formula is C18H28N3O6+. The third-order valence-corrected chi connectivity index (χ3v) is 4.02. The summed E-state index contributed by atoms with van der Waals surface area (Å²) in [5.41, 5.74) is 0.584. The van der Waals surface area contributed by atoms with E-state index in [-0.39, 0.29) is 21.8 Å². The third kappa shape index (κ3) is 6.86. The van der Waals surface area contributed by atoms with Crippen LogP contribution in [-0.4, -0.2) is 73.3 Å². The molecule has 9 heteroatoms. The molecule has 1 aromatic carbocycles. The Bertz CT molecular complexity index is 664. The molecule has 2 rings (SSSR count). The van der Waals surface area contributed by atoms with Crippen molar-refractivity contribution in [2.45, 2.75) is 26.4 Å². The first-order chi connectivity index (χ1) is 12.6. The van der Waals surface area contributed by atoms with Gasteiger partial charge in [0.25, 0.3) is 4.92 Å². The molecular weight excluding hydrogens is 354 g/mol. The fraction of sp³-hybridized carbons (Fsp3) is 0.556. The van der Waals surface area contributed by atoms with E-state index in [9.17, 15) is 14.5 Å². The molecule has 0 aliphatic carbocycles. The number of ether oxygens (including phenoxy) is 1. The number of hydrogen-bond acceptors (Lipinski definition) is 6. The lowest BCUT2D eigenvalue weighted by Gasteiger charge is -2.34. The molecule has 0 aromatic heterocycles. The zero-order valence-corrected chi connectivity index (χ0v) is 16.5. The molecule has 9 nitrogen and oxygen atoms in total. The van der Waals surface area contributed by atoms with E-state index in [2.05, 4.69) is 4.84 Å². The number of rotatable bonds is 5. The van der Waals surface area contributed by atoms with Crippen LogP contribution in [0.2, 0.25) is 0 Å². The summed E-state index contributed by atoms with van der Waals surface area (Å²) in [6.07, 6.45) is 0.806. The molecule has 0 atom stereocenters. The van der Waals surface area contributed by atoms with Gasteiger partial charge in [0, 0.05) is 45.0 Å². The monoisotopic (exact) mass is 382 g/mol. The topological polar surface area (TPSA) is 99.4 Å². The van der Waals surface area contributed by atoms with Crippen LogP contribution in [0.1, 0.15) is 31.1 Å². The highest BCUT2D eigenvalue weighted by Gasteiger charge is 2.27. The molecule has 1 heterocycles. The normalized spacial score (nSPS) is 14.1. The minimum Gasteiger partial charge on any atom is -0.477 e. The SMILES string of the molecule is COC(C)(C)C.CO[N+](=O)c1cc(N2CCN(C=O)CC2)ccc1C(=O)O. The Morgan fingerprint density at radius 2 is 1.74 bits per heavy atom. The van der Waals surface area contributed by atoms with Crippen molar-refractivity contribution in [3.63, 3.8) is 0 Å². The highest BCUT2D eigenvalue weighted by Crippen LogP contribution is 2.26. The fourth-order valence-electron chi connectivity index (χ4n) is 2.23. The second kappa shape index (κ2) is 9.86. The Hall–Kier alpha value is -2.68. The Morgan fingerprint density at radius 1 is 1.19 bits per heavy atom. The van der Waals surface area contributed by atoms with Crippen molar-refractivity contribution in [3.05, 3.63) is 28.7 Å². The number of amides is 1. The standard InChI is InChI=1S/C13H15N3O5.C5H12O/c1-21-16(20)12-8-10(2-3-11(12)13(18)19)15-6-4-14(9-17)5-7-15;1-5(2,3)6-4/h2-3,8-9H,4-7H2,1H3;1-4H3/p+1. The first-order valence-electron chi connectivity index (χ1n) is 8.51. The molecule has 0 unspecified atom stereocenters. The highest BCUT2D eigenvalue weighted by molar-refractivity contribution is 5.93. The minimum atomic E-state index is -1.19. The van der Waals surface area contributed by atoms with E-state index < -0.39 is 5.97 Å². The zero-order chi connectivity index (χ0) is 20.6. The first-order valence-corrected chi connectivity index (χ1v) is 8.51. The number of benzene rings is 1. The van der Waals surface area contributed by atoms with Gasteiger partial charge in [0.1, 0.15) is 5.56 Å². The predicted octanol–water partition coefficient (Wildman–Crippen LogP) is 2.07. The molecule has 1 amide bonds. The van der Waals surface area contributed by atoms with Crippen molar-refractivity contribution < 1.29 is 29.2 Å². The molecule has 1 N–H and O–H groups in total. The second-order valence-corrected chi connectivity index (χ2v) is 6.89. The van der Waals surface area contributed by atoms with Crippen LogP contribution in [-0.2, 0) is 14.4 Å². The van der Waals surface area contributed by atoms with Crippen molar-refractivity contribution in [3.8, 4) is 0 Å². The summed E-state index contributed by atoms with van der Waals surface area (Å²) in [7, 11) is 2.88. The van der Waals surface area contributed by atoms with Crippen molar-refractivity contribution >= 4 is 23.8 Å². The summed E-state index contributed by atoms with van der Waals surface area (Å²) in [6.45, 7) is 8.48. The molecule has 0 spiro atoms. The molecule has 1 aromatic rings. The number of methoxy groups -OCH3 is 1. The van der Waals surface area contributed by atoms with Crippen molar-refractivity contribution in [2.24, 2.45) is 0 Å². The van der Waals surface area contributed by atoms with Crippen LogP contribution in [0.5, 0.6) is 0 Å². The average molecular weight is 382 g/mol. The Labute approximate surface area is 159 Å². The van der Waals surface area contributed by atoms with E-state index >= 15 is 0 Å². The molecule has 1 aliphatic rings. The smallest absolute Gasteiger partial charge is 0.342 e. The van der Waals surface area contributed by atoms with Gasteiger partial charge in [-0.05, 0) is 32.9 Å². The van der Waals surface area contributed by atoms with Gasteiger partial charge in [-0.15, -0.1) is 0 Å². The van der Waals surface area contributed by atoms with Gasteiger partial charge in [0.15, 0.2) is 7.11 Å². The van der Waals surface area contributed by atoms with Crippen LogP contribution in [0, 0.1) is 4.91 Å². The van der Waals surface area contributed by atoms with Gasteiger partial charge in [-0.3, -0.25) is 4.79 Å². The van der Waals surface area contributed by atoms with Crippen LogP contribution >= 0.6 is 0 Å². The number of carboxylic acid groups (broad SMARTS) is 1. The third-order valence-electron chi connectivity index (χ3n) is 4.02. The van der Waals surface area contributed by atoms with Crippen LogP contribution in [0.15, 0.2) is 18.2 Å². The lowest BCUT2D eigenvalue weighted by Crippen LogP contribution is -2.45. The zero-order valence-electron chi connectivity index (χ0n) is 16.5. The Morgan fingerprint density at radius 3 is 2.15 bits per heavy atom. The highest BCUT2D eigenvalue weighted by atomic mass is 16.8. The van der Waals surface area contributed by atoms with E-state index in [0.29, 0.717) is 26.2 Å². The van der Waals surface area contributed by atoms with Gasteiger partial charge < -0.3 is 19.6 Å². The molecule has 0 saturated carbocycles. The lowest BCUT2D eigenvalue weighted by atomic mass is 10.1. The quantitative estimate of drug-likeness (QED) is 0.615. The summed E-state index contributed by atoms with van der Waals surface area (Å²) >= 11 is 0. The molecule has 150 valence electrons. The number of carboxylic acids is 1. The number of carbonyl (C=O) groups excluding carboxylic acids is 1. The van der Waals surface area contributed by atoms with Gasteiger partial charge in [0.05, 0.1) is 10.5 Å². The number of nitrogens with zero attached hydrogens (tertiary/aromatic N) is 3. The summed E-state index contributed by atoms with van der Waals surface area (Å²) in [4.78, 5) is 41.8. The van der Waals surface area contributed by atoms with E-state index in [4.69, 9.17) is 9.84 Å². The molecule has 0 bridgehead atoms. The summed E-state index contributed by atoms with van der Waals surface area (Å²) in [6, 6.07) is 4.51. The van der Waals surface area contributed by atoms with Crippen molar-refractivity contribution in [1.29, 1.82) is 0 Å². The maximum Gasteiger partial charge on any atom is 0.342 e. The average Bonchev–Trinajstić information content (AvgIpc) is 2.66. The molecule has 1 fully saturated rings. The molecule has 1 aliphatic heterocycles. The van der Waals surface area contributed by atoms with Gasteiger partial charge in [-0.1, -0.05) is 0 Å². The predicted molar refractivity (Wildman–Crippen MR) is 100 cm³/mol. The molecule has 1 saturated heterocycles. The van der Waals surface area contributed by atoms with Gasteiger partial charge in [-0.25, -0.2) is 9.63 Å². The van der Waals surface area contributed by atoms with E-state index in [1.54, 1.807) is 18.1 Å². The first kappa shape index (κ1) is 22.4. The minimum absolute atomic E-state index is 0.0417. The van der Waals surface area contributed by atoms with Gasteiger partial charge in [0.2, 0.25) is 6.41 Å². The Kier molecular flexibility index (Phi) is 8.17. The number of carbonyl (C=O) groups is 2. The maximum absolute atomic E-state index is 11.6. The lowest BCUT2D eigenvalue weighted by molar-refractivity contribution is -0.736. The van der Waals surface area contributed by atoms with Crippen LogP contribution in [0.4, 0.5) is 11.4 Å². The number of piperazine rings is 1.